The van der Waals surface area contributed by atoms with E-state index in [0.717, 1.165) is 57.8 Å². The van der Waals surface area contributed by atoms with Gasteiger partial charge >= 0.3 is 0 Å². The van der Waals surface area contributed by atoms with Crippen LogP contribution in [0.5, 0.6) is 0 Å². The molecular formula is C16H23Cl5N2O. The van der Waals surface area contributed by atoms with Gasteiger partial charge in [0.15, 0.2) is 0 Å². The third-order valence-corrected chi connectivity index (χ3v) is 5.78. The second kappa shape index (κ2) is 10.6. The number of halogens is 5. The molecule has 1 aromatic rings. The lowest BCUT2D eigenvalue weighted by atomic mass is 9.85. The topological polar surface area (TPSA) is 24.5 Å². The molecule has 3 nitrogen and oxygen atoms in total. The second-order valence-corrected chi connectivity index (χ2v) is 7.13. The van der Waals surface area contributed by atoms with Crippen molar-refractivity contribution in [1.82, 2.24) is 10.2 Å². The Hall–Kier alpha value is 0.550. The molecule has 138 valence electrons. The van der Waals surface area contributed by atoms with E-state index in [4.69, 9.17) is 39.5 Å². The van der Waals surface area contributed by atoms with Crippen molar-refractivity contribution in [2.24, 2.45) is 5.92 Å². The molecule has 1 atom stereocenters. The Kier molecular flexibility index (Phi) is 10.0. The number of benzene rings is 1. The maximum absolute atomic E-state index is 6.54. The zero-order valence-electron chi connectivity index (χ0n) is 13.3. The minimum absolute atomic E-state index is 0. The van der Waals surface area contributed by atoms with E-state index in [2.05, 4.69) is 10.2 Å². The van der Waals surface area contributed by atoms with E-state index in [1.165, 1.54) is 0 Å². The van der Waals surface area contributed by atoms with Gasteiger partial charge in [0, 0.05) is 56.0 Å². The Morgan fingerprint density at radius 3 is 2.21 bits per heavy atom. The summed E-state index contributed by atoms with van der Waals surface area (Å²) in [7, 11) is 0. The first-order chi connectivity index (χ1) is 10.7. The highest BCUT2D eigenvalue weighted by Gasteiger charge is 2.34. The summed E-state index contributed by atoms with van der Waals surface area (Å²) in [5.74, 6) is 0.500. The summed E-state index contributed by atoms with van der Waals surface area (Å²) in [6.45, 7) is 5.61. The maximum Gasteiger partial charge on any atom is 0.0655 e. The lowest BCUT2D eigenvalue weighted by Gasteiger charge is -2.41. The van der Waals surface area contributed by atoms with Crippen LogP contribution in [0.1, 0.15) is 24.4 Å². The Labute approximate surface area is 171 Å². The smallest absolute Gasteiger partial charge is 0.0655 e. The molecule has 0 aromatic heterocycles. The van der Waals surface area contributed by atoms with E-state index < -0.39 is 0 Å². The number of rotatable bonds is 3. The minimum Gasteiger partial charge on any atom is -0.381 e. The van der Waals surface area contributed by atoms with Crippen molar-refractivity contribution >= 4 is 59.6 Å². The van der Waals surface area contributed by atoms with Gasteiger partial charge < -0.3 is 10.1 Å². The molecule has 0 bridgehead atoms. The minimum atomic E-state index is 0. The molecule has 0 saturated carbocycles. The average Bonchev–Trinajstić information content (AvgIpc) is 2.57. The second-order valence-electron chi connectivity index (χ2n) is 5.94. The van der Waals surface area contributed by atoms with Crippen LogP contribution >= 0.6 is 59.6 Å². The molecule has 8 heteroatoms. The van der Waals surface area contributed by atoms with Crippen molar-refractivity contribution < 1.29 is 4.74 Å². The number of piperazine rings is 1. The van der Waals surface area contributed by atoms with Crippen LogP contribution in [-0.4, -0.2) is 44.3 Å². The fraction of sp³-hybridized carbons (Fsp3) is 0.625. The lowest BCUT2D eigenvalue weighted by molar-refractivity contribution is 0.0213. The Morgan fingerprint density at radius 1 is 1.00 bits per heavy atom. The molecule has 2 saturated heterocycles. The molecule has 24 heavy (non-hydrogen) atoms. The molecule has 0 aliphatic carbocycles. The lowest BCUT2D eigenvalue weighted by Crippen LogP contribution is -2.47. The van der Waals surface area contributed by atoms with Gasteiger partial charge in [-0.2, -0.15) is 0 Å². The van der Waals surface area contributed by atoms with Gasteiger partial charge in [0.25, 0.3) is 0 Å². The van der Waals surface area contributed by atoms with Crippen molar-refractivity contribution in [3.05, 3.63) is 32.8 Å². The fourth-order valence-corrected chi connectivity index (χ4v) is 4.28. The molecule has 2 heterocycles. The van der Waals surface area contributed by atoms with Crippen LogP contribution in [0.15, 0.2) is 12.1 Å². The summed E-state index contributed by atoms with van der Waals surface area (Å²) in [6, 6.07) is 3.85. The van der Waals surface area contributed by atoms with Crippen LogP contribution in [0.4, 0.5) is 0 Å². The zero-order valence-corrected chi connectivity index (χ0v) is 17.2. The van der Waals surface area contributed by atoms with Crippen LogP contribution in [-0.2, 0) is 4.74 Å². The number of ether oxygens (including phenoxy) is 1. The highest BCUT2D eigenvalue weighted by Crippen LogP contribution is 2.44. The highest BCUT2D eigenvalue weighted by atomic mass is 35.5. The third-order valence-electron chi connectivity index (χ3n) is 4.63. The number of nitrogens with zero attached hydrogens (tertiary/aromatic N) is 1. The summed E-state index contributed by atoms with van der Waals surface area (Å²) in [5, 5.41) is 5.30. The van der Waals surface area contributed by atoms with E-state index in [9.17, 15) is 0 Å². The summed E-state index contributed by atoms with van der Waals surface area (Å²) in [5.41, 5.74) is 0.990. The fourth-order valence-electron chi connectivity index (χ4n) is 3.52. The molecule has 0 radical (unpaired) electrons. The Bertz CT molecular complexity index is 501. The first-order valence-electron chi connectivity index (χ1n) is 7.84. The van der Waals surface area contributed by atoms with Crippen molar-refractivity contribution in [2.75, 3.05) is 39.4 Å². The summed E-state index contributed by atoms with van der Waals surface area (Å²) >= 11 is 19.3. The van der Waals surface area contributed by atoms with E-state index >= 15 is 0 Å². The summed E-state index contributed by atoms with van der Waals surface area (Å²) in [4.78, 5) is 2.50. The van der Waals surface area contributed by atoms with Crippen molar-refractivity contribution in [3.63, 3.8) is 0 Å². The standard InChI is InChI=1S/C16H21Cl3N2O.2ClH/c17-12-1-2-13(18)15(19)14(12)16(11-3-9-22-10-4-11)21-7-5-20-6-8-21;;/h1-2,11,16,20H,3-10H2;2*1H/t16-;;/m0../s1. The third kappa shape index (κ3) is 5.05. The number of hydrogen-bond acceptors (Lipinski definition) is 3. The van der Waals surface area contributed by atoms with Crippen molar-refractivity contribution in [3.8, 4) is 0 Å². The van der Waals surface area contributed by atoms with Gasteiger partial charge in [0.2, 0.25) is 0 Å². The van der Waals surface area contributed by atoms with E-state index in [0.29, 0.717) is 21.0 Å². The molecular weight excluding hydrogens is 413 g/mol. The van der Waals surface area contributed by atoms with Gasteiger partial charge in [0.1, 0.15) is 0 Å². The first kappa shape index (κ1) is 22.6. The van der Waals surface area contributed by atoms with Crippen LogP contribution in [0.3, 0.4) is 0 Å². The number of hydrogen-bond donors (Lipinski definition) is 1. The van der Waals surface area contributed by atoms with Gasteiger partial charge in [-0.3, -0.25) is 4.90 Å². The Balaban J connectivity index is 0.00000144. The molecule has 1 aromatic carbocycles. The zero-order chi connectivity index (χ0) is 15.5. The van der Waals surface area contributed by atoms with E-state index in [1.807, 2.05) is 6.07 Å². The molecule has 2 aliphatic heterocycles. The normalized spacial score (nSPS) is 20.8. The highest BCUT2D eigenvalue weighted by molar-refractivity contribution is 6.44. The van der Waals surface area contributed by atoms with E-state index in [-0.39, 0.29) is 30.9 Å². The van der Waals surface area contributed by atoms with Crippen molar-refractivity contribution in [2.45, 2.75) is 18.9 Å². The average molecular weight is 437 g/mol. The maximum atomic E-state index is 6.54. The predicted octanol–water partition coefficient (Wildman–Crippen LogP) is 4.86. The van der Waals surface area contributed by atoms with Crippen LogP contribution in [0, 0.1) is 5.92 Å². The SMILES string of the molecule is Cl.Cl.Clc1ccc(Cl)c([C@H](C2CCOCC2)N2CCNCC2)c1Cl. The van der Waals surface area contributed by atoms with Gasteiger partial charge in [-0.05, 0) is 30.9 Å². The molecule has 0 amide bonds. The Morgan fingerprint density at radius 2 is 1.58 bits per heavy atom. The molecule has 2 aliphatic rings. The first-order valence-corrected chi connectivity index (χ1v) is 8.98. The molecule has 0 unspecified atom stereocenters. The van der Waals surface area contributed by atoms with E-state index in [1.54, 1.807) is 6.07 Å². The monoisotopic (exact) mass is 434 g/mol. The quantitative estimate of drug-likeness (QED) is 0.685. The van der Waals surface area contributed by atoms with Crippen LogP contribution < -0.4 is 5.32 Å². The van der Waals surface area contributed by atoms with Gasteiger partial charge in [-0.1, -0.05) is 34.8 Å². The molecule has 1 N–H and O–H groups in total. The summed E-state index contributed by atoms with van der Waals surface area (Å²) in [6.07, 6.45) is 2.07. The van der Waals surface area contributed by atoms with Crippen LogP contribution in [0.25, 0.3) is 0 Å². The molecule has 2 fully saturated rings. The predicted molar refractivity (Wildman–Crippen MR) is 107 cm³/mol. The summed E-state index contributed by atoms with van der Waals surface area (Å²) < 4.78 is 5.53. The molecule has 3 rings (SSSR count). The molecule has 0 spiro atoms. The largest absolute Gasteiger partial charge is 0.381 e. The van der Waals surface area contributed by atoms with Gasteiger partial charge in [-0.25, -0.2) is 0 Å². The van der Waals surface area contributed by atoms with Crippen molar-refractivity contribution in [1.29, 1.82) is 0 Å². The number of nitrogens with one attached hydrogen (secondary N) is 1. The van der Waals surface area contributed by atoms with Crippen LogP contribution in [0.2, 0.25) is 15.1 Å². The van der Waals surface area contributed by atoms with Gasteiger partial charge in [-0.15, -0.1) is 24.8 Å². The van der Waals surface area contributed by atoms with Gasteiger partial charge in [0.05, 0.1) is 10.0 Å².